The van der Waals surface area contributed by atoms with Crippen LogP contribution in [0.2, 0.25) is 0 Å². The molecule has 3 rings (SSSR count). The maximum Gasteiger partial charge on any atom is 0.227 e. The molecule has 2 fully saturated rings. The molecule has 2 atom stereocenters. The molecule has 2 aliphatic heterocycles. The van der Waals surface area contributed by atoms with Crippen LogP contribution in [0.4, 0.5) is 0 Å². The molecule has 1 aromatic carbocycles. The summed E-state index contributed by atoms with van der Waals surface area (Å²) in [7, 11) is 1.98. The van der Waals surface area contributed by atoms with Gasteiger partial charge in [0.2, 0.25) is 5.91 Å². The number of amides is 1. The number of rotatable bonds is 3. The van der Waals surface area contributed by atoms with E-state index in [4.69, 9.17) is 0 Å². The molecular formula is C18H24N2O. The van der Waals surface area contributed by atoms with Crippen LogP contribution in [0.15, 0.2) is 36.4 Å². The van der Waals surface area contributed by atoms with Crippen LogP contribution in [0.1, 0.15) is 24.8 Å². The van der Waals surface area contributed by atoms with E-state index in [1.54, 1.807) is 0 Å². The Morgan fingerprint density at radius 1 is 1.19 bits per heavy atom. The van der Waals surface area contributed by atoms with Crippen LogP contribution in [0.25, 0.3) is 6.08 Å². The summed E-state index contributed by atoms with van der Waals surface area (Å²) in [6, 6.07) is 10.8. The summed E-state index contributed by atoms with van der Waals surface area (Å²) in [5.41, 5.74) is 1.24. The summed E-state index contributed by atoms with van der Waals surface area (Å²) in [5, 5.41) is 0. The average molecular weight is 284 g/mol. The van der Waals surface area contributed by atoms with Gasteiger partial charge in [0.1, 0.15) is 0 Å². The van der Waals surface area contributed by atoms with Crippen LogP contribution in [-0.2, 0) is 4.79 Å². The zero-order valence-corrected chi connectivity index (χ0v) is 12.7. The standard InChI is InChI=1S/C18H24N2O/c1-19-17-11-5-10-16(18(19)21)13-20(14-17)12-6-9-15-7-3-2-4-8-15/h2-4,6-9,16-17H,5,10-14H2,1H3/b9-6+. The second-order valence-electron chi connectivity index (χ2n) is 6.26. The second-order valence-corrected chi connectivity index (χ2v) is 6.26. The number of nitrogens with zero attached hydrogens (tertiary/aromatic N) is 2. The minimum absolute atomic E-state index is 0.202. The molecular weight excluding hydrogens is 260 g/mol. The molecule has 0 N–H and O–H groups in total. The third-order valence-electron chi connectivity index (χ3n) is 4.76. The summed E-state index contributed by atoms with van der Waals surface area (Å²) < 4.78 is 0. The van der Waals surface area contributed by atoms with Crippen LogP contribution in [-0.4, -0.2) is 48.4 Å². The molecule has 1 aromatic rings. The van der Waals surface area contributed by atoms with E-state index in [9.17, 15) is 4.79 Å². The Labute approximate surface area is 127 Å². The van der Waals surface area contributed by atoms with Crippen molar-refractivity contribution in [3.05, 3.63) is 42.0 Å². The fraction of sp³-hybridized carbons (Fsp3) is 0.500. The summed E-state index contributed by atoms with van der Waals surface area (Å²) in [6.45, 7) is 2.86. The highest BCUT2D eigenvalue weighted by atomic mass is 16.2. The first kappa shape index (κ1) is 14.3. The Bertz CT molecular complexity index is 511. The van der Waals surface area contributed by atoms with Crippen molar-refractivity contribution in [2.24, 2.45) is 5.92 Å². The first-order chi connectivity index (χ1) is 10.2. The van der Waals surface area contributed by atoms with Crippen molar-refractivity contribution in [3.63, 3.8) is 0 Å². The molecule has 21 heavy (non-hydrogen) atoms. The molecule has 2 heterocycles. The van der Waals surface area contributed by atoms with Crippen molar-refractivity contribution in [2.75, 3.05) is 26.7 Å². The van der Waals surface area contributed by atoms with Crippen molar-refractivity contribution in [3.8, 4) is 0 Å². The van der Waals surface area contributed by atoms with E-state index < -0.39 is 0 Å². The molecule has 2 bridgehead atoms. The van der Waals surface area contributed by atoms with Gasteiger partial charge in [0, 0.05) is 32.7 Å². The fourth-order valence-corrected chi connectivity index (χ4v) is 3.50. The van der Waals surface area contributed by atoms with Gasteiger partial charge in [0.05, 0.1) is 5.92 Å². The van der Waals surface area contributed by atoms with Crippen molar-refractivity contribution in [1.82, 2.24) is 9.80 Å². The van der Waals surface area contributed by atoms with Gasteiger partial charge in [-0.05, 0) is 18.4 Å². The normalized spacial score (nSPS) is 27.1. The molecule has 3 nitrogen and oxygen atoms in total. The van der Waals surface area contributed by atoms with Gasteiger partial charge in [0.25, 0.3) is 0 Å². The quantitative estimate of drug-likeness (QED) is 0.852. The van der Waals surface area contributed by atoms with Crippen LogP contribution < -0.4 is 0 Å². The number of likely N-dealkylation sites (tertiary alicyclic amines) is 1. The molecule has 0 spiro atoms. The first-order valence-electron chi connectivity index (χ1n) is 7.94. The Hall–Kier alpha value is -1.61. The predicted molar refractivity (Wildman–Crippen MR) is 85.8 cm³/mol. The fourth-order valence-electron chi connectivity index (χ4n) is 3.50. The first-order valence-corrected chi connectivity index (χ1v) is 7.94. The molecule has 0 aromatic heterocycles. The van der Waals surface area contributed by atoms with Crippen molar-refractivity contribution in [2.45, 2.75) is 25.3 Å². The highest BCUT2D eigenvalue weighted by Crippen LogP contribution is 2.26. The average Bonchev–Trinajstić information content (AvgIpc) is 2.67. The van der Waals surface area contributed by atoms with Gasteiger partial charge >= 0.3 is 0 Å². The number of carbonyl (C=O) groups excluding carboxylic acids is 1. The lowest BCUT2D eigenvalue weighted by molar-refractivity contribution is -0.134. The molecule has 1 amide bonds. The predicted octanol–water partition coefficient (Wildman–Crippen LogP) is 2.64. The number of hydrogen-bond acceptors (Lipinski definition) is 2. The summed E-state index contributed by atoms with van der Waals surface area (Å²) in [4.78, 5) is 16.8. The van der Waals surface area contributed by atoms with Crippen molar-refractivity contribution < 1.29 is 4.79 Å². The largest absolute Gasteiger partial charge is 0.341 e. The topological polar surface area (TPSA) is 23.6 Å². The minimum Gasteiger partial charge on any atom is -0.341 e. The number of hydrogen-bond donors (Lipinski definition) is 0. The van der Waals surface area contributed by atoms with Crippen molar-refractivity contribution >= 4 is 12.0 Å². The SMILES string of the molecule is CN1C(=O)C2CCCC1CN(C/C=C/c1ccccc1)C2. The van der Waals surface area contributed by atoms with Gasteiger partial charge in [-0.3, -0.25) is 9.69 Å². The van der Waals surface area contributed by atoms with Gasteiger partial charge < -0.3 is 4.90 Å². The number of carbonyl (C=O) groups is 1. The van der Waals surface area contributed by atoms with E-state index in [2.05, 4.69) is 41.3 Å². The minimum atomic E-state index is 0.202. The number of fused-ring (bicyclic) bond motifs is 3. The molecule has 3 heteroatoms. The summed E-state index contributed by atoms with van der Waals surface area (Å²) >= 11 is 0. The van der Waals surface area contributed by atoms with Crippen LogP contribution in [0, 0.1) is 5.92 Å². The Morgan fingerprint density at radius 3 is 2.81 bits per heavy atom. The van der Waals surface area contributed by atoms with Crippen LogP contribution in [0.5, 0.6) is 0 Å². The highest BCUT2D eigenvalue weighted by molar-refractivity contribution is 5.79. The molecule has 0 aliphatic carbocycles. The smallest absolute Gasteiger partial charge is 0.227 e. The second kappa shape index (κ2) is 6.44. The van der Waals surface area contributed by atoms with E-state index in [1.165, 1.54) is 12.0 Å². The molecule has 0 saturated carbocycles. The highest BCUT2D eigenvalue weighted by Gasteiger charge is 2.35. The third-order valence-corrected chi connectivity index (χ3v) is 4.76. The monoisotopic (exact) mass is 284 g/mol. The van der Waals surface area contributed by atoms with Gasteiger partial charge in [-0.15, -0.1) is 0 Å². The van der Waals surface area contributed by atoms with E-state index in [0.717, 1.165) is 32.5 Å². The maximum absolute atomic E-state index is 12.3. The van der Waals surface area contributed by atoms with E-state index >= 15 is 0 Å². The van der Waals surface area contributed by atoms with E-state index in [0.29, 0.717) is 11.9 Å². The molecule has 0 radical (unpaired) electrons. The van der Waals surface area contributed by atoms with E-state index in [1.807, 2.05) is 18.0 Å². The van der Waals surface area contributed by atoms with E-state index in [-0.39, 0.29) is 5.92 Å². The van der Waals surface area contributed by atoms with Gasteiger partial charge in [-0.1, -0.05) is 48.9 Å². The zero-order valence-electron chi connectivity index (χ0n) is 12.7. The Morgan fingerprint density at radius 2 is 2.00 bits per heavy atom. The zero-order chi connectivity index (χ0) is 14.7. The lowest BCUT2D eigenvalue weighted by Gasteiger charge is -2.28. The van der Waals surface area contributed by atoms with Crippen molar-refractivity contribution in [1.29, 1.82) is 0 Å². The summed E-state index contributed by atoms with van der Waals surface area (Å²) in [6.07, 6.45) is 7.79. The summed E-state index contributed by atoms with van der Waals surface area (Å²) in [5.74, 6) is 0.555. The third kappa shape index (κ3) is 3.35. The van der Waals surface area contributed by atoms with Gasteiger partial charge in [-0.25, -0.2) is 0 Å². The van der Waals surface area contributed by atoms with Crippen LogP contribution in [0.3, 0.4) is 0 Å². The molecule has 2 aliphatic rings. The molecule has 2 saturated heterocycles. The lowest BCUT2D eigenvalue weighted by atomic mass is 9.99. The molecule has 112 valence electrons. The Kier molecular flexibility index (Phi) is 4.39. The number of likely N-dealkylation sites (N-methyl/N-ethyl adjacent to an activating group) is 1. The van der Waals surface area contributed by atoms with Gasteiger partial charge in [-0.2, -0.15) is 0 Å². The Balaban J connectivity index is 1.64. The molecule has 2 unspecified atom stereocenters. The maximum atomic E-state index is 12.3. The van der Waals surface area contributed by atoms with Crippen LogP contribution >= 0.6 is 0 Å². The lowest BCUT2D eigenvalue weighted by Crippen LogP contribution is -2.40. The van der Waals surface area contributed by atoms with Gasteiger partial charge in [0.15, 0.2) is 0 Å². The number of benzene rings is 1.